The molecule has 0 fully saturated rings. The Bertz CT molecular complexity index is 1250. The predicted octanol–water partition coefficient (Wildman–Crippen LogP) is 5.15. The third-order valence-electron chi connectivity index (χ3n) is 6.42. The number of hydrogen-bond donors (Lipinski definition) is 2. The molecular weight excluding hydrogens is 510 g/mol. The highest BCUT2D eigenvalue weighted by molar-refractivity contribution is 7.89. The minimum Gasteiger partial charge on any atom is -0.462 e. The van der Waals surface area contributed by atoms with Gasteiger partial charge in [0.05, 0.1) is 17.1 Å². The Morgan fingerprint density at radius 1 is 1.11 bits per heavy atom. The molecule has 2 aromatic rings. The van der Waals surface area contributed by atoms with Crippen LogP contribution in [0.25, 0.3) is 0 Å². The first kappa shape index (κ1) is 29.3. The lowest BCUT2D eigenvalue weighted by atomic mass is 9.81. The summed E-state index contributed by atoms with van der Waals surface area (Å²) in [5, 5.41) is 6.96. The van der Waals surface area contributed by atoms with Crippen LogP contribution in [0.5, 0.6) is 0 Å². The number of nitrogens with zero attached hydrogens (tertiary/aromatic N) is 1. The van der Waals surface area contributed by atoms with E-state index >= 15 is 0 Å². The van der Waals surface area contributed by atoms with Crippen molar-refractivity contribution in [1.82, 2.24) is 9.62 Å². The van der Waals surface area contributed by atoms with Crippen LogP contribution < -0.4 is 10.6 Å². The summed E-state index contributed by atoms with van der Waals surface area (Å²) in [5.74, 6) is -0.881. The van der Waals surface area contributed by atoms with Crippen LogP contribution in [0.3, 0.4) is 0 Å². The summed E-state index contributed by atoms with van der Waals surface area (Å²) in [5.41, 5.74) is 0.942. The molecule has 1 aliphatic rings. The van der Waals surface area contributed by atoms with Gasteiger partial charge < -0.3 is 15.4 Å². The molecule has 0 bridgehead atoms. The van der Waals surface area contributed by atoms with E-state index in [2.05, 4.69) is 38.3 Å². The molecule has 1 aromatic heterocycles. The second-order valence-corrected chi connectivity index (χ2v) is 13.4. The van der Waals surface area contributed by atoms with Crippen LogP contribution in [-0.2, 0) is 26.7 Å². The number of hydrogen-bond acceptors (Lipinski definition) is 7. The van der Waals surface area contributed by atoms with E-state index in [1.165, 1.54) is 39.9 Å². The third kappa shape index (κ3) is 6.25. The number of fused-ring (bicyclic) bond motifs is 1. The quantitative estimate of drug-likeness (QED) is 0.397. The number of rotatable bonds is 10. The number of esters is 1. The fraction of sp³-hybridized carbons (Fsp3) is 0.556. The molecule has 2 heterocycles. The highest BCUT2D eigenvalue weighted by Crippen LogP contribution is 2.45. The van der Waals surface area contributed by atoms with Crippen LogP contribution in [0.4, 0.5) is 5.00 Å². The predicted molar refractivity (Wildman–Crippen MR) is 148 cm³/mol. The summed E-state index contributed by atoms with van der Waals surface area (Å²) in [6.07, 6.45) is 2.30. The number of carbonyl (C=O) groups excluding carboxylic acids is 2. The molecular formula is C27H39N3O5S2. The number of nitrogens with one attached hydrogen (secondary N) is 2. The second kappa shape index (κ2) is 11.2. The molecule has 0 spiro atoms. The zero-order chi connectivity index (χ0) is 27.6. The molecule has 10 heteroatoms. The van der Waals surface area contributed by atoms with E-state index in [1.807, 2.05) is 13.8 Å². The van der Waals surface area contributed by atoms with Crippen molar-refractivity contribution in [1.29, 1.82) is 0 Å². The number of amides is 1. The molecule has 8 nitrogen and oxygen atoms in total. The van der Waals surface area contributed by atoms with Gasteiger partial charge in [0.2, 0.25) is 10.0 Å². The van der Waals surface area contributed by atoms with Gasteiger partial charge in [0.25, 0.3) is 5.91 Å². The molecule has 0 saturated carbocycles. The summed E-state index contributed by atoms with van der Waals surface area (Å²) < 4.78 is 32.8. The molecule has 1 aliphatic heterocycles. The van der Waals surface area contributed by atoms with Crippen LogP contribution in [0, 0.1) is 0 Å². The van der Waals surface area contributed by atoms with E-state index in [-0.39, 0.29) is 17.0 Å². The van der Waals surface area contributed by atoms with Crippen molar-refractivity contribution >= 4 is 38.2 Å². The van der Waals surface area contributed by atoms with E-state index in [0.717, 1.165) is 23.3 Å². The van der Waals surface area contributed by atoms with Crippen molar-refractivity contribution in [3.63, 3.8) is 0 Å². The number of benzene rings is 1. The van der Waals surface area contributed by atoms with Gasteiger partial charge in [-0.3, -0.25) is 4.79 Å². The highest BCUT2D eigenvalue weighted by atomic mass is 32.2. The highest BCUT2D eigenvalue weighted by Gasteiger charge is 2.42. The van der Waals surface area contributed by atoms with Gasteiger partial charge in [-0.25, -0.2) is 13.2 Å². The number of thiophene rings is 1. The first-order valence-electron chi connectivity index (χ1n) is 12.8. The first-order chi connectivity index (χ1) is 17.3. The summed E-state index contributed by atoms with van der Waals surface area (Å²) in [6, 6.07) is 5.92. The van der Waals surface area contributed by atoms with Crippen molar-refractivity contribution in [3.8, 4) is 0 Å². The molecule has 2 N–H and O–H groups in total. The van der Waals surface area contributed by atoms with E-state index < -0.39 is 27.4 Å². The maximum atomic E-state index is 13.2. The van der Waals surface area contributed by atoms with Crippen LogP contribution in [0.15, 0.2) is 29.2 Å². The summed E-state index contributed by atoms with van der Waals surface area (Å²) in [4.78, 5) is 27.3. The Balaban J connectivity index is 1.92. The van der Waals surface area contributed by atoms with Crippen LogP contribution in [0.1, 0.15) is 92.5 Å². The van der Waals surface area contributed by atoms with E-state index in [4.69, 9.17) is 4.74 Å². The average Bonchev–Trinajstić information content (AvgIpc) is 3.16. The zero-order valence-electron chi connectivity index (χ0n) is 22.9. The van der Waals surface area contributed by atoms with Crippen LogP contribution >= 0.6 is 11.3 Å². The lowest BCUT2D eigenvalue weighted by Gasteiger charge is -2.42. The van der Waals surface area contributed by atoms with Crippen molar-refractivity contribution in [2.75, 3.05) is 25.0 Å². The number of unbranched alkanes of at least 4 members (excludes halogenated alkanes) is 1. The Hall–Kier alpha value is -2.27. The topological polar surface area (TPSA) is 105 Å². The molecule has 37 heavy (non-hydrogen) atoms. The Morgan fingerprint density at radius 3 is 2.32 bits per heavy atom. The van der Waals surface area contributed by atoms with Gasteiger partial charge in [-0.05, 0) is 77.3 Å². The maximum Gasteiger partial charge on any atom is 0.341 e. The van der Waals surface area contributed by atoms with Gasteiger partial charge in [0.15, 0.2) is 0 Å². The zero-order valence-corrected chi connectivity index (χ0v) is 24.5. The largest absolute Gasteiger partial charge is 0.462 e. The van der Waals surface area contributed by atoms with Crippen molar-refractivity contribution < 1.29 is 22.7 Å². The van der Waals surface area contributed by atoms with Gasteiger partial charge in [0.1, 0.15) is 5.00 Å². The average molecular weight is 550 g/mol. The monoisotopic (exact) mass is 549 g/mol. The molecule has 0 saturated heterocycles. The lowest BCUT2D eigenvalue weighted by molar-refractivity contribution is 0.0525. The van der Waals surface area contributed by atoms with Gasteiger partial charge in [0, 0.05) is 34.6 Å². The van der Waals surface area contributed by atoms with Gasteiger partial charge >= 0.3 is 5.97 Å². The minimum absolute atomic E-state index is 0.149. The smallest absolute Gasteiger partial charge is 0.341 e. The standard InChI is InChI=1S/C27H39N3O5S2/c1-8-11-16-30(9-2)37(33,34)19-14-12-18(13-15-19)23(31)28-24-21(25(32)35-10-3)20-17-26(4,5)29-27(6,7)22(20)36-24/h12-15,29H,8-11,16-17H2,1-7H3,(H,28,31). The molecule has 0 unspecified atom stereocenters. The normalized spacial score (nSPS) is 16.3. The lowest BCUT2D eigenvalue weighted by Crippen LogP contribution is -2.55. The van der Waals surface area contributed by atoms with E-state index in [1.54, 1.807) is 6.92 Å². The fourth-order valence-corrected chi connectivity index (χ4v) is 7.67. The SMILES string of the molecule is CCCCN(CC)S(=O)(=O)c1ccc(C(=O)Nc2sc3c(c2C(=O)OCC)CC(C)(C)NC3(C)C)cc1. The summed E-state index contributed by atoms with van der Waals surface area (Å²) in [7, 11) is -3.64. The van der Waals surface area contributed by atoms with E-state index in [9.17, 15) is 18.0 Å². The Labute approximate surface area is 224 Å². The van der Waals surface area contributed by atoms with Gasteiger partial charge in [-0.1, -0.05) is 20.3 Å². The molecule has 0 radical (unpaired) electrons. The Kier molecular flexibility index (Phi) is 8.89. The summed E-state index contributed by atoms with van der Waals surface area (Å²) in [6.45, 7) is 14.9. The maximum absolute atomic E-state index is 13.2. The Morgan fingerprint density at radius 2 is 1.76 bits per heavy atom. The molecule has 1 amide bonds. The minimum atomic E-state index is -3.64. The second-order valence-electron chi connectivity index (χ2n) is 10.5. The molecule has 0 atom stereocenters. The van der Waals surface area contributed by atoms with Crippen molar-refractivity contribution in [3.05, 3.63) is 45.8 Å². The fourth-order valence-electron chi connectivity index (χ4n) is 4.92. The van der Waals surface area contributed by atoms with Gasteiger partial charge in [-0.2, -0.15) is 4.31 Å². The van der Waals surface area contributed by atoms with Gasteiger partial charge in [-0.15, -0.1) is 11.3 Å². The van der Waals surface area contributed by atoms with Crippen LogP contribution in [0.2, 0.25) is 0 Å². The number of carbonyl (C=O) groups is 2. The summed E-state index contributed by atoms with van der Waals surface area (Å²) >= 11 is 1.37. The van der Waals surface area contributed by atoms with Crippen LogP contribution in [-0.4, -0.2) is 49.8 Å². The van der Waals surface area contributed by atoms with Crippen molar-refractivity contribution in [2.45, 2.75) is 83.7 Å². The number of sulfonamides is 1. The number of ether oxygens (including phenoxy) is 1. The van der Waals surface area contributed by atoms with E-state index in [0.29, 0.717) is 35.6 Å². The first-order valence-corrected chi connectivity index (χ1v) is 15.1. The molecule has 0 aliphatic carbocycles. The third-order valence-corrected chi connectivity index (χ3v) is 9.88. The molecule has 3 rings (SSSR count). The molecule has 204 valence electrons. The van der Waals surface area contributed by atoms with Crippen molar-refractivity contribution in [2.24, 2.45) is 0 Å². The number of anilines is 1. The molecule has 1 aromatic carbocycles.